The van der Waals surface area contributed by atoms with Crippen LogP contribution in [0.2, 0.25) is 0 Å². The largest absolute Gasteiger partial charge is 0.333 e. The minimum atomic E-state index is 0.0150. The maximum atomic E-state index is 12.2. The molecular weight excluding hydrogens is 242 g/mol. The van der Waals surface area contributed by atoms with Crippen LogP contribution in [0.25, 0.3) is 0 Å². The van der Waals surface area contributed by atoms with Gasteiger partial charge in [-0.05, 0) is 19.9 Å². The minimum Gasteiger partial charge on any atom is -0.333 e. The molecule has 1 saturated heterocycles. The predicted octanol–water partition coefficient (Wildman–Crippen LogP) is 1.11. The van der Waals surface area contributed by atoms with E-state index in [4.69, 9.17) is 0 Å². The summed E-state index contributed by atoms with van der Waals surface area (Å²) in [6, 6.07) is 2.13. The van der Waals surface area contributed by atoms with Crippen LogP contribution in [0.3, 0.4) is 0 Å². The number of amides is 1. The number of carbonyl (C=O) groups excluding carboxylic acids is 1. The summed E-state index contributed by atoms with van der Waals surface area (Å²) in [5.74, 6) is 1.01. The van der Waals surface area contributed by atoms with E-state index in [0.29, 0.717) is 11.7 Å². The monoisotopic (exact) mass is 259 g/mol. The van der Waals surface area contributed by atoms with Crippen molar-refractivity contribution in [2.75, 3.05) is 13.1 Å². The molecule has 0 bridgehead atoms. The molecule has 0 N–H and O–H groups in total. The van der Waals surface area contributed by atoms with Gasteiger partial charge in [-0.1, -0.05) is 0 Å². The van der Waals surface area contributed by atoms with Gasteiger partial charge < -0.3 is 9.47 Å². The van der Waals surface area contributed by atoms with Gasteiger partial charge in [0.25, 0.3) is 5.91 Å². The molecule has 0 spiro atoms. The van der Waals surface area contributed by atoms with Gasteiger partial charge in [0.05, 0.1) is 6.04 Å². The smallest absolute Gasteiger partial charge is 0.274 e. The SMILES string of the molecule is CCn1ccc(C(=O)N2CC(n3ccnc3C)C2)n1. The molecule has 0 radical (unpaired) electrons. The molecule has 1 aliphatic heterocycles. The highest BCUT2D eigenvalue weighted by Crippen LogP contribution is 2.23. The number of carbonyl (C=O) groups is 1. The van der Waals surface area contributed by atoms with Gasteiger partial charge in [0.2, 0.25) is 0 Å². The standard InChI is InChI=1S/C13H17N5O/c1-3-17-6-4-12(15-17)13(19)16-8-11(9-16)18-7-5-14-10(18)2/h4-7,11H,3,8-9H2,1-2H3. The van der Waals surface area contributed by atoms with Crippen LogP contribution in [0.4, 0.5) is 0 Å². The lowest BCUT2D eigenvalue weighted by Gasteiger charge is -2.39. The summed E-state index contributed by atoms with van der Waals surface area (Å²) < 4.78 is 3.89. The zero-order valence-corrected chi connectivity index (χ0v) is 11.2. The summed E-state index contributed by atoms with van der Waals surface area (Å²) in [5, 5.41) is 4.24. The zero-order chi connectivity index (χ0) is 13.4. The van der Waals surface area contributed by atoms with Gasteiger partial charge in [-0.3, -0.25) is 9.48 Å². The number of likely N-dealkylation sites (tertiary alicyclic amines) is 1. The molecule has 0 unspecified atom stereocenters. The van der Waals surface area contributed by atoms with E-state index in [2.05, 4.69) is 14.6 Å². The van der Waals surface area contributed by atoms with Crippen LogP contribution in [0.15, 0.2) is 24.7 Å². The fraction of sp³-hybridized carbons (Fsp3) is 0.462. The van der Waals surface area contributed by atoms with Crippen LogP contribution in [0, 0.1) is 6.92 Å². The molecule has 2 aromatic rings. The average Bonchev–Trinajstić information content (AvgIpc) is 2.97. The van der Waals surface area contributed by atoms with Crippen molar-refractivity contribution in [3.8, 4) is 0 Å². The van der Waals surface area contributed by atoms with Crippen LogP contribution in [0.1, 0.15) is 29.3 Å². The van der Waals surface area contributed by atoms with Crippen LogP contribution in [-0.2, 0) is 6.54 Å². The number of hydrogen-bond donors (Lipinski definition) is 0. The van der Waals surface area contributed by atoms with Crippen molar-refractivity contribution in [1.29, 1.82) is 0 Å². The molecule has 0 saturated carbocycles. The Labute approximate surface area is 111 Å². The van der Waals surface area contributed by atoms with Crippen molar-refractivity contribution in [2.45, 2.75) is 26.4 Å². The Kier molecular flexibility index (Phi) is 2.85. The van der Waals surface area contributed by atoms with Gasteiger partial charge in [-0.25, -0.2) is 4.98 Å². The minimum absolute atomic E-state index is 0.0150. The van der Waals surface area contributed by atoms with Gasteiger partial charge in [0, 0.05) is 38.2 Å². The summed E-state index contributed by atoms with van der Waals surface area (Å²) in [4.78, 5) is 18.2. The highest BCUT2D eigenvalue weighted by atomic mass is 16.2. The fourth-order valence-electron chi connectivity index (χ4n) is 2.38. The molecule has 6 heteroatoms. The summed E-state index contributed by atoms with van der Waals surface area (Å²) in [6.07, 6.45) is 5.60. The summed E-state index contributed by atoms with van der Waals surface area (Å²) >= 11 is 0. The van der Waals surface area contributed by atoms with E-state index < -0.39 is 0 Å². The van der Waals surface area contributed by atoms with E-state index in [0.717, 1.165) is 25.5 Å². The third kappa shape index (κ3) is 2.03. The summed E-state index contributed by atoms with van der Waals surface area (Å²) in [7, 11) is 0. The van der Waals surface area contributed by atoms with E-state index in [1.165, 1.54) is 0 Å². The number of rotatable bonds is 3. The Hall–Kier alpha value is -2.11. The molecule has 1 fully saturated rings. The lowest BCUT2D eigenvalue weighted by molar-refractivity contribution is 0.0510. The number of aryl methyl sites for hydroxylation is 2. The van der Waals surface area contributed by atoms with Crippen molar-refractivity contribution >= 4 is 5.91 Å². The van der Waals surface area contributed by atoms with Crippen molar-refractivity contribution in [2.24, 2.45) is 0 Å². The van der Waals surface area contributed by atoms with E-state index in [-0.39, 0.29) is 5.91 Å². The number of nitrogens with zero attached hydrogens (tertiary/aromatic N) is 5. The van der Waals surface area contributed by atoms with Crippen LogP contribution in [0.5, 0.6) is 0 Å². The molecule has 3 heterocycles. The third-order valence-electron chi connectivity index (χ3n) is 3.59. The first-order chi connectivity index (χ1) is 9.19. The van der Waals surface area contributed by atoms with Crippen molar-refractivity contribution in [3.63, 3.8) is 0 Å². The molecule has 0 aliphatic carbocycles. The Morgan fingerprint density at radius 3 is 2.79 bits per heavy atom. The van der Waals surface area contributed by atoms with Gasteiger partial charge >= 0.3 is 0 Å². The number of hydrogen-bond acceptors (Lipinski definition) is 3. The third-order valence-corrected chi connectivity index (χ3v) is 3.59. The molecule has 3 rings (SSSR count). The maximum absolute atomic E-state index is 12.2. The van der Waals surface area contributed by atoms with Crippen LogP contribution >= 0.6 is 0 Å². The molecule has 0 atom stereocenters. The average molecular weight is 259 g/mol. The van der Waals surface area contributed by atoms with E-state index >= 15 is 0 Å². The van der Waals surface area contributed by atoms with E-state index in [9.17, 15) is 4.79 Å². The first-order valence-corrected chi connectivity index (χ1v) is 6.51. The second kappa shape index (κ2) is 4.53. The summed E-state index contributed by atoms with van der Waals surface area (Å²) in [5.41, 5.74) is 0.530. The van der Waals surface area contributed by atoms with Gasteiger partial charge in [-0.2, -0.15) is 5.10 Å². The van der Waals surface area contributed by atoms with Gasteiger partial charge in [0.1, 0.15) is 11.5 Å². The molecule has 100 valence electrons. The first kappa shape index (κ1) is 12.0. The van der Waals surface area contributed by atoms with Gasteiger partial charge in [0.15, 0.2) is 0 Å². The number of imidazole rings is 1. The van der Waals surface area contributed by atoms with Crippen molar-refractivity contribution in [3.05, 3.63) is 36.2 Å². The Morgan fingerprint density at radius 2 is 2.21 bits per heavy atom. The Balaban J connectivity index is 1.64. The van der Waals surface area contributed by atoms with Crippen molar-refractivity contribution < 1.29 is 4.79 Å². The van der Waals surface area contributed by atoms with E-state index in [1.54, 1.807) is 16.9 Å². The Bertz CT molecular complexity index is 594. The van der Waals surface area contributed by atoms with Crippen molar-refractivity contribution in [1.82, 2.24) is 24.2 Å². The molecule has 1 amide bonds. The quantitative estimate of drug-likeness (QED) is 0.829. The zero-order valence-electron chi connectivity index (χ0n) is 11.2. The maximum Gasteiger partial charge on any atom is 0.274 e. The fourth-order valence-corrected chi connectivity index (χ4v) is 2.38. The molecule has 19 heavy (non-hydrogen) atoms. The lowest BCUT2D eigenvalue weighted by Crippen LogP contribution is -2.50. The van der Waals surface area contributed by atoms with Crippen LogP contribution in [-0.4, -0.2) is 43.2 Å². The number of aromatic nitrogens is 4. The molecule has 2 aromatic heterocycles. The predicted molar refractivity (Wildman–Crippen MR) is 69.8 cm³/mol. The normalized spacial score (nSPS) is 15.6. The highest BCUT2D eigenvalue weighted by Gasteiger charge is 2.33. The first-order valence-electron chi connectivity index (χ1n) is 6.51. The highest BCUT2D eigenvalue weighted by molar-refractivity contribution is 5.92. The molecule has 0 aromatic carbocycles. The Morgan fingerprint density at radius 1 is 1.42 bits per heavy atom. The van der Waals surface area contributed by atoms with E-state index in [1.807, 2.05) is 31.1 Å². The molecule has 1 aliphatic rings. The van der Waals surface area contributed by atoms with Gasteiger partial charge in [-0.15, -0.1) is 0 Å². The second-order valence-corrected chi connectivity index (χ2v) is 4.80. The second-order valence-electron chi connectivity index (χ2n) is 4.80. The van der Waals surface area contributed by atoms with Crippen LogP contribution < -0.4 is 0 Å². The lowest BCUT2D eigenvalue weighted by atomic mass is 10.1. The topological polar surface area (TPSA) is 56.0 Å². The molecule has 6 nitrogen and oxygen atoms in total. The molecular formula is C13H17N5O. The summed E-state index contributed by atoms with van der Waals surface area (Å²) in [6.45, 7) is 6.23.